The molecule has 0 rings (SSSR count). The number of hydrogen-bond acceptors (Lipinski definition) is 3. The summed E-state index contributed by atoms with van der Waals surface area (Å²) < 4.78 is 0. The van der Waals surface area contributed by atoms with E-state index >= 15 is 0 Å². The van der Waals surface area contributed by atoms with Crippen LogP contribution in [0.25, 0.3) is 0 Å². The van der Waals surface area contributed by atoms with Crippen LogP contribution in [0.1, 0.15) is 46.0 Å². The van der Waals surface area contributed by atoms with Crippen LogP contribution in [0.15, 0.2) is 0 Å². The van der Waals surface area contributed by atoms with Gasteiger partial charge >= 0.3 is 12.0 Å². The molecule has 0 bridgehead atoms. The summed E-state index contributed by atoms with van der Waals surface area (Å²) in [5.74, 6) is -1.18. The number of hydrogen-bond donors (Lipinski definition) is 4. The van der Waals surface area contributed by atoms with E-state index in [1.807, 2.05) is 13.8 Å². The van der Waals surface area contributed by atoms with Crippen LogP contribution in [0.2, 0.25) is 0 Å². The standard InChI is InChI=1S/C13H25N3O4/c1-3-5-6-10(12(18)19)16-13(20)15-9-7-11(17)14-8-4-2/h10H,3-9H2,1-2H3,(H,14,17)(H,18,19)(H2,15,16,20)/t10-/m0/s1. The molecule has 4 N–H and O–H groups in total. The molecular weight excluding hydrogens is 262 g/mol. The summed E-state index contributed by atoms with van der Waals surface area (Å²) in [5.41, 5.74) is 0. The van der Waals surface area contributed by atoms with Crippen molar-refractivity contribution in [2.45, 2.75) is 52.0 Å². The van der Waals surface area contributed by atoms with Gasteiger partial charge in [-0.15, -0.1) is 0 Å². The van der Waals surface area contributed by atoms with Crippen molar-refractivity contribution < 1.29 is 19.5 Å². The topological polar surface area (TPSA) is 108 Å². The van der Waals surface area contributed by atoms with Crippen LogP contribution in [0.5, 0.6) is 0 Å². The van der Waals surface area contributed by atoms with Crippen molar-refractivity contribution in [1.82, 2.24) is 16.0 Å². The molecule has 0 radical (unpaired) electrons. The Bertz CT molecular complexity index is 321. The van der Waals surface area contributed by atoms with Crippen molar-refractivity contribution in [1.29, 1.82) is 0 Å². The number of amides is 3. The first-order chi connectivity index (χ1) is 9.51. The highest BCUT2D eigenvalue weighted by Gasteiger charge is 2.18. The van der Waals surface area contributed by atoms with Crippen molar-refractivity contribution >= 4 is 17.9 Å². The lowest BCUT2D eigenvalue weighted by Crippen LogP contribution is -2.46. The van der Waals surface area contributed by atoms with Crippen LogP contribution in [-0.2, 0) is 9.59 Å². The van der Waals surface area contributed by atoms with Gasteiger partial charge in [0.2, 0.25) is 5.91 Å². The molecule has 0 heterocycles. The van der Waals surface area contributed by atoms with Crippen molar-refractivity contribution in [3.8, 4) is 0 Å². The minimum absolute atomic E-state index is 0.132. The molecule has 0 saturated carbocycles. The lowest BCUT2D eigenvalue weighted by Gasteiger charge is -2.14. The average Bonchev–Trinajstić information content (AvgIpc) is 2.40. The lowest BCUT2D eigenvalue weighted by molar-refractivity contribution is -0.139. The molecule has 3 amide bonds. The maximum atomic E-state index is 11.5. The van der Waals surface area contributed by atoms with Gasteiger partial charge in [0.05, 0.1) is 0 Å². The van der Waals surface area contributed by atoms with Gasteiger partial charge in [-0.3, -0.25) is 4.79 Å². The first kappa shape index (κ1) is 18.2. The fraction of sp³-hybridized carbons (Fsp3) is 0.769. The number of urea groups is 1. The monoisotopic (exact) mass is 287 g/mol. The van der Waals surface area contributed by atoms with E-state index in [4.69, 9.17) is 5.11 Å². The molecule has 7 heteroatoms. The van der Waals surface area contributed by atoms with Gasteiger partial charge in [-0.25, -0.2) is 9.59 Å². The molecule has 0 aliphatic heterocycles. The number of carbonyl (C=O) groups excluding carboxylic acids is 2. The van der Waals surface area contributed by atoms with Gasteiger partial charge in [-0.05, 0) is 12.8 Å². The normalized spacial score (nSPS) is 11.5. The summed E-state index contributed by atoms with van der Waals surface area (Å²) >= 11 is 0. The molecule has 0 spiro atoms. The molecule has 0 aromatic carbocycles. The minimum Gasteiger partial charge on any atom is -0.480 e. The van der Waals surface area contributed by atoms with Crippen LogP contribution in [0, 0.1) is 0 Å². The maximum Gasteiger partial charge on any atom is 0.326 e. The third-order valence-corrected chi connectivity index (χ3v) is 2.66. The van der Waals surface area contributed by atoms with Crippen LogP contribution in [0.4, 0.5) is 4.79 Å². The first-order valence-electron chi connectivity index (χ1n) is 7.05. The van der Waals surface area contributed by atoms with Crippen LogP contribution < -0.4 is 16.0 Å². The molecule has 0 aliphatic rings. The van der Waals surface area contributed by atoms with Crippen LogP contribution >= 0.6 is 0 Å². The second kappa shape index (κ2) is 11.1. The van der Waals surface area contributed by atoms with Gasteiger partial charge in [0.1, 0.15) is 6.04 Å². The third kappa shape index (κ3) is 9.18. The second-order valence-corrected chi connectivity index (χ2v) is 4.53. The van der Waals surface area contributed by atoms with Crippen molar-refractivity contribution in [2.75, 3.05) is 13.1 Å². The Balaban J connectivity index is 3.90. The maximum absolute atomic E-state index is 11.5. The van der Waals surface area contributed by atoms with E-state index in [1.54, 1.807) is 0 Å². The molecule has 0 aromatic heterocycles. The Hall–Kier alpha value is -1.79. The molecule has 0 unspecified atom stereocenters. The van der Waals surface area contributed by atoms with Gasteiger partial charge in [-0.2, -0.15) is 0 Å². The Morgan fingerprint density at radius 1 is 1.05 bits per heavy atom. The fourth-order valence-electron chi connectivity index (χ4n) is 1.52. The number of nitrogens with one attached hydrogen (secondary N) is 3. The zero-order chi connectivity index (χ0) is 15.4. The van der Waals surface area contributed by atoms with E-state index in [0.29, 0.717) is 13.0 Å². The summed E-state index contributed by atoms with van der Waals surface area (Å²) in [4.78, 5) is 33.7. The zero-order valence-corrected chi connectivity index (χ0v) is 12.2. The fourth-order valence-corrected chi connectivity index (χ4v) is 1.52. The SMILES string of the molecule is CCCC[C@H](NC(=O)NCCC(=O)NCCC)C(=O)O. The summed E-state index contributed by atoms with van der Waals surface area (Å²) in [7, 11) is 0. The molecule has 20 heavy (non-hydrogen) atoms. The van der Waals surface area contributed by atoms with E-state index in [-0.39, 0.29) is 18.9 Å². The van der Waals surface area contributed by atoms with Gasteiger partial charge in [-0.1, -0.05) is 26.7 Å². The predicted octanol–water partition coefficient (Wildman–Crippen LogP) is 0.845. The van der Waals surface area contributed by atoms with Gasteiger partial charge in [0.25, 0.3) is 0 Å². The highest BCUT2D eigenvalue weighted by molar-refractivity contribution is 5.83. The molecule has 0 saturated heterocycles. The molecule has 1 atom stereocenters. The number of carboxylic acids is 1. The Kier molecular flexibility index (Phi) is 10.1. The molecule has 116 valence electrons. The van der Waals surface area contributed by atoms with Gasteiger partial charge < -0.3 is 21.1 Å². The molecule has 0 aliphatic carbocycles. The molecule has 0 aromatic rings. The Morgan fingerprint density at radius 3 is 2.30 bits per heavy atom. The summed E-state index contributed by atoms with van der Waals surface area (Å²) in [6.07, 6.45) is 3.04. The van der Waals surface area contributed by atoms with Crippen molar-refractivity contribution in [3.63, 3.8) is 0 Å². The molecule has 7 nitrogen and oxygen atoms in total. The Morgan fingerprint density at radius 2 is 1.75 bits per heavy atom. The van der Waals surface area contributed by atoms with Crippen LogP contribution in [0.3, 0.4) is 0 Å². The average molecular weight is 287 g/mol. The number of aliphatic carboxylic acids is 1. The highest BCUT2D eigenvalue weighted by atomic mass is 16.4. The number of carboxylic acid groups (broad SMARTS) is 1. The van der Waals surface area contributed by atoms with E-state index in [9.17, 15) is 14.4 Å². The predicted molar refractivity (Wildman–Crippen MR) is 75.4 cm³/mol. The quantitative estimate of drug-likeness (QED) is 0.477. The van der Waals surface area contributed by atoms with Crippen molar-refractivity contribution in [3.05, 3.63) is 0 Å². The number of unbranched alkanes of at least 4 members (excludes halogenated alkanes) is 1. The largest absolute Gasteiger partial charge is 0.480 e. The number of carbonyl (C=O) groups is 3. The van der Waals surface area contributed by atoms with E-state index < -0.39 is 18.0 Å². The first-order valence-corrected chi connectivity index (χ1v) is 7.05. The van der Waals surface area contributed by atoms with E-state index in [2.05, 4.69) is 16.0 Å². The molecular formula is C13H25N3O4. The van der Waals surface area contributed by atoms with E-state index in [0.717, 1.165) is 19.3 Å². The summed E-state index contributed by atoms with van der Waals surface area (Å²) in [5, 5.41) is 16.5. The van der Waals surface area contributed by atoms with Crippen molar-refractivity contribution in [2.24, 2.45) is 0 Å². The highest BCUT2D eigenvalue weighted by Crippen LogP contribution is 2.00. The Labute approximate surface area is 119 Å². The van der Waals surface area contributed by atoms with Gasteiger partial charge in [0, 0.05) is 19.5 Å². The minimum atomic E-state index is -1.05. The molecule has 0 fully saturated rings. The summed E-state index contributed by atoms with van der Waals surface area (Å²) in [6.45, 7) is 4.70. The second-order valence-electron chi connectivity index (χ2n) is 4.53. The smallest absolute Gasteiger partial charge is 0.326 e. The third-order valence-electron chi connectivity index (χ3n) is 2.66. The summed E-state index contributed by atoms with van der Waals surface area (Å²) in [6, 6.07) is -1.44. The number of rotatable bonds is 10. The van der Waals surface area contributed by atoms with Crippen LogP contribution in [-0.4, -0.2) is 42.1 Å². The lowest BCUT2D eigenvalue weighted by atomic mass is 10.1. The van der Waals surface area contributed by atoms with E-state index in [1.165, 1.54) is 0 Å². The van der Waals surface area contributed by atoms with Gasteiger partial charge in [0.15, 0.2) is 0 Å². The zero-order valence-electron chi connectivity index (χ0n) is 12.2.